The first-order chi connectivity index (χ1) is 8.54. The highest BCUT2D eigenvalue weighted by atomic mass is 35.5. The molecule has 100 valence electrons. The van der Waals surface area contributed by atoms with Gasteiger partial charge in [0.25, 0.3) is 0 Å². The van der Waals surface area contributed by atoms with E-state index in [0.29, 0.717) is 34.6 Å². The molecule has 1 aromatic heterocycles. The van der Waals surface area contributed by atoms with Crippen LogP contribution < -0.4 is 22.3 Å². The van der Waals surface area contributed by atoms with Gasteiger partial charge in [0.05, 0.1) is 10.0 Å². The van der Waals surface area contributed by atoms with Gasteiger partial charge in [-0.1, -0.05) is 23.2 Å². The van der Waals surface area contributed by atoms with E-state index >= 15 is 0 Å². The van der Waals surface area contributed by atoms with Crippen LogP contribution >= 0.6 is 23.2 Å². The van der Waals surface area contributed by atoms with Crippen LogP contribution in [0.3, 0.4) is 0 Å². The lowest BCUT2D eigenvalue weighted by Crippen LogP contribution is -2.12. The third kappa shape index (κ3) is 4.56. The van der Waals surface area contributed by atoms with E-state index < -0.39 is 0 Å². The van der Waals surface area contributed by atoms with Gasteiger partial charge < -0.3 is 16.5 Å². The first kappa shape index (κ1) is 14.8. The summed E-state index contributed by atoms with van der Waals surface area (Å²) < 4.78 is 0. The maximum atomic E-state index is 10.5. The van der Waals surface area contributed by atoms with Gasteiger partial charge in [-0.2, -0.15) is 0 Å². The van der Waals surface area contributed by atoms with Crippen LogP contribution in [0.5, 0.6) is 0 Å². The number of nitrogens with zero attached hydrogens (tertiary/aromatic N) is 1. The Kier molecular flexibility index (Phi) is 5.97. The normalized spacial score (nSPS) is 10.2. The van der Waals surface area contributed by atoms with E-state index in [1.54, 1.807) is 6.07 Å². The van der Waals surface area contributed by atoms with Gasteiger partial charge in [-0.3, -0.25) is 4.79 Å². The summed E-state index contributed by atoms with van der Waals surface area (Å²) in [5.74, 6) is 5.80. The lowest BCUT2D eigenvalue weighted by atomic mass is 10.2. The Balaban J connectivity index is 2.49. The monoisotopic (exact) mass is 291 g/mol. The maximum Gasteiger partial charge on any atom is 0.217 e. The van der Waals surface area contributed by atoms with Crippen LogP contribution in [-0.4, -0.2) is 17.4 Å². The molecule has 1 amide bonds. The Hall–Kier alpha value is -1.24. The average Bonchev–Trinajstić information content (AvgIpc) is 2.30. The van der Waals surface area contributed by atoms with Crippen LogP contribution in [0, 0.1) is 0 Å². The number of pyridine rings is 1. The fraction of sp³-hybridized carbons (Fsp3) is 0.400. The van der Waals surface area contributed by atoms with E-state index in [9.17, 15) is 4.79 Å². The molecule has 1 rings (SSSR count). The number of nitrogens with one attached hydrogen (secondary N) is 2. The Bertz CT molecular complexity index is 427. The van der Waals surface area contributed by atoms with Gasteiger partial charge in [0.1, 0.15) is 5.82 Å². The smallest absolute Gasteiger partial charge is 0.217 e. The summed E-state index contributed by atoms with van der Waals surface area (Å²) in [5.41, 5.74) is 7.41. The van der Waals surface area contributed by atoms with Gasteiger partial charge in [-0.15, -0.1) is 0 Å². The van der Waals surface area contributed by atoms with Gasteiger partial charge in [0, 0.05) is 13.0 Å². The second-order valence-electron chi connectivity index (χ2n) is 3.64. The molecule has 0 atom stereocenters. The predicted octanol–water partition coefficient (Wildman–Crippen LogP) is 1.74. The molecule has 0 saturated heterocycles. The highest BCUT2D eigenvalue weighted by Crippen LogP contribution is 2.28. The van der Waals surface area contributed by atoms with E-state index in [-0.39, 0.29) is 5.91 Å². The number of aromatic nitrogens is 1. The van der Waals surface area contributed by atoms with Gasteiger partial charge in [0.15, 0.2) is 5.82 Å². The predicted molar refractivity (Wildman–Crippen MR) is 73.6 cm³/mol. The number of rotatable bonds is 7. The quantitative estimate of drug-likeness (QED) is 0.348. The van der Waals surface area contributed by atoms with Crippen molar-refractivity contribution in [1.82, 2.24) is 4.98 Å². The number of unbranched alkanes of at least 4 members (excludes halogenated alkanes) is 1. The molecule has 0 aliphatic rings. The minimum absolute atomic E-state index is 0.299. The third-order valence-corrected chi connectivity index (χ3v) is 2.78. The molecule has 0 bridgehead atoms. The van der Waals surface area contributed by atoms with Crippen molar-refractivity contribution in [2.24, 2.45) is 11.6 Å². The van der Waals surface area contributed by atoms with Gasteiger partial charge in [-0.25, -0.2) is 10.8 Å². The Morgan fingerprint density at radius 2 is 1.94 bits per heavy atom. The van der Waals surface area contributed by atoms with Gasteiger partial charge in [-0.05, 0) is 18.9 Å². The van der Waals surface area contributed by atoms with Gasteiger partial charge >= 0.3 is 0 Å². The van der Waals surface area contributed by atoms with E-state index in [4.69, 9.17) is 34.8 Å². The van der Waals surface area contributed by atoms with Crippen LogP contribution in [0.4, 0.5) is 11.6 Å². The standard InChI is InChI=1S/C10H15Cl2N5O/c11-6-5-7(12)10(17-14)16-9(6)15-4-2-1-3-8(13)18/h5H,1-4,14H2,(H2,13,18)(H2,15,16,17). The van der Waals surface area contributed by atoms with Gasteiger partial charge in [0.2, 0.25) is 5.91 Å². The summed E-state index contributed by atoms with van der Waals surface area (Å²) in [5, 5.41) is 3.80. The van der Waals surface area contributed by atoms with Crippen molar-refractivity contribution >= 4 is 40.7 Å². The molecule has 0 fully saturated rings. The first-order valence-corrected chi connectivity index (χ1v) is 6.15. The minimum atomic E-state index is -0.299. The average molecular weight is 292 g/mol. The number of nitrogens with two attached hydrogens (primary N) is 2. The Morgan fingerprint density at radius 1 is 1.28 bits per heavy atom. The summed E-state index contributed by atoms with van der Waals surface area (Å²) in [6.45, 7) is 0.631. The summed E-state index contributed by atoms with van der Waals surface area (Å²) in [7, 11) is 0. The number of carbonyl (C=O) groups is 1. The number of hydrazine groups is 1. The summed E-state index contributed by atoms with van der Waals surface area (Å²) in [4.78, 5) is 14.7. The largest absolute Gasteiger partial charge is 0.370 e. The molecule has 0 radical (unpaired) electrons. The second-order valence-corrected chi connectivity index (χ2v) is 4.46. The van der Waals surface area contributed by atoms with Crippen molar-refractivity contribution in [3.63, 3.8) is 0 Å². The van der Waals surface area contributed by atoms with E-state index in [1.807, 2.05) is 0 Å². The molecule has 18 heavy (non-hydrogen) atoms. The topological polar surface area (TPSA) is 106 Å². The highest BCUT2D eigenvalue weighted by molar-refractivity contribution is 6.37. The molecule has 6 nitrogen and oxygen atoms in total. The lowest BCUT2D eigenvalue weighted by Gasteiger charge is -2.10. The Morgan fingerprint density at radius 3 is 2.56 bits per heavy atom. The summed E-state index contributed by atoms with van der Waals surface area (Å²) in [6.07, 6.45) is 1.88. The van der Waals surface area contributed by atoms with E-state index in [2.05, 4.69) is 15.7 Å². The van der Waals surface area contributed by atoms with Crippen LogP contribution in [0.15, 0.2) is 6.07 Å². The molecule has 6 N–H and O–H groups in total. The number of hydrogen-bond donors (Lipinski definition) is 4. The third-order valence-electron chi connectivity index (χ3n) is 2.21. The summed E-state index contributed by atoms with van der Waals surface area (Å²) in [6, 6.07) is 1.55. The van der Waals surface area contributed by atoms with Crippen molar-refractivity contribution < 1.29 is 4.79 Å². The molecule has 0 aliphatic carbocycles. The van der Waals surface area contributed by atoms with Crippen LogP contribution in [0.25, 0.3) is 0 Å². The van der Waals surface area contributed by atoms with Crippen molar-refractivity contribution in [3.8, 4) is 0 Å². The fourth-order valence-electron chi connectivity index (χ4n) is 1.32. The highest BCUT2D eigenvalue weighted by Gasteiger charge is 2.07. The number of primary amides is 1. The Labute approximate surface area is 115 Å². The number of halogens is 2. The van der Waals surface area contributed by atoms with E-state index in [0.717, 1.165) is 12.8 Å². The lowest BCUT2D eigenvalue weighted by molar-refractivity contribution is -0.118. The number of amides is 1. The molecule has 1 heterocycles. The molecule has 0 aliphatic heterocycles. The SMILES string of the molecule is NNc1nc(NCCCCC(N)=O)c(Cl)cc1Cl. The number of anilines is 2. The second kappa shape index (κ2) is 7.25. The van der Waals surface area contributed by atoms with E-state index in [1.165, 1.54) is 0 Å². The van der Waals surface area contributed by atoms with Crippen LogP contribution in [-0.2, 0) is 4.79 Å². The molecule has 0 spiro atoms. The molecule has 8 heteroatoms. The maximum absolute atomic E-state index is 10.5. The van der Waals surface area contributed by atoms with Crippen LogP contribution in [0.2, 0.25) is 10.0 Å². The summed E-state index contributed by atoms with van der Waals surface area (Å²) >= 11 is 11.8. The molecule has 0 unspecified atom stereocenters. The number of nitrogen functional groups attached to an aromatic ring is 1. The van der Waals surface area contributed by atoms with Crippen LogP contribution in [0.1, 0.15) is 19.3 Å². The molecular formula is C10H15Cl2N5O. The zero-order valence-corrected chi connectivity index (χ0v) is 11.2. The van der Waals surface area contributed by atoms with Crippen molar-refractivity contribution in [3.05, 3.63) is 16.1 Å². The first-order valence-electron chi connectivity index (χ1n) is 5.39. The molecule has 1 aromatic rings. The van der Waals surface area contributed by atoms with Crippen molar-refractivity contribution in [1.29, 1.82) is 0 Å². The molecular weight excluding hydrogens is 277 g/mol. The number of carbonyl (C=O) groups excluding carboxylic acids is 1. The van der Waals surface area contributed by atoms with Crippen molar-refractivity contribution in [2.75, 3.05) is 17.3 Å². The van der Waals surface area contributed by atoms with Crippen molar-refractivity contribution in [2.45, 2.75) is 19.3 Å². The molecule has 0 saturated carbocycles. The fourth-order valence-corrected chi connectivity index (χ4v) is 1.80. The molecule has 0 aromatic carbocycles. The number of hydrogen-bond acceptors (Lipinski definition) is 5. The minimum Gasteiger partial charge on any atom is -0.370 e. The zero-order chi connectivity index (χ0) is 13.5. The zero-order valence-electron chi connectivity index (χ0n) is 9.67.